The molecule has 1 aliphatic rings. The Hall–Kier alpha value is -0.650. The van der Waals surface area contributed by atoms with Crippen LogP contribution in [0.25, 0.3) is 0 Å². The molecule has 1 heterocycles. The molecule has 1 amide bonds. The highest BCUT2D eigenvalue weighted by Gasteiger charge is 2.29. The van der Waals surface area contributed by atoms with Gasteiger partial charge in [0.1, 0.15) is 6.61 Å². The standard InChI is InChI=1S/C13H26N2O3/c1-3-11-4-5-15(12(8-11)9-14)13(16)10-18-7-6-17-2/h11-12H,3-10,14H2,1-2H3. The molecule has 0 aliphatic carbocycles. The highest BCUT2D eigenvalue weighted by atomic mass is 16.5. The number of piperidine rings is 1. The van der Waals surface area contributed by atoms with E-state index in [1.54, 1.807) is 7.11 Å². The predicted molar refractivity (Wildman–Crippen MR) is 70.3 cm³/mol. The second-order valence-electron chi connectivity index (χ2n) is 4.82. The van der Waals surface area contributed by atoms with Gasteiger partial charge in [0.25, 0.3) is 0 Å². The Labute approximate surface area is 110 Å². The molecule has 1 fully saturated rings. The van der Waals surface area contributed by atoms with E-state index in [9.17, 15) is 4.79 Å². The maximum Gasteiger partial charge on any atom is 0.248 e. The smallest absolute Gasteiger partial charge is 0.248 e. The summed E-state index contributed by atoms with van der Waals surface area (Å²) in [7, 11) is 1.62. The predicted octanol–water partition coefficient (Wildman–Crippen LogP) is 0.625. The van der Waals surface area contributed by atoms with Crippen molar-refractivity contribution >= 4 is 5.91 Å². The van der Waals surface area contributed by atoms with Gasteiger partial charge in [-0.1, -0.05) is 13.3 Å². The molecule has 5 heteroatoms. The molecule has 0 bridgehead atoms. The lowest BCUT2D eigenvalue weighted by Gasteiger charge is -2.38. The Morgan fingerprint density at radius 3 is 2.83 bits per heavy atom. The zero-order chi connectivity index (χ0) is 13.4. The number of amides is 1. The van der Waals surface area contributed by atoms with E-state index in [2.05, 4.69) is 6.92 Å². The number of nitrogens with zero attached hydrogens (tertiary/aromatic N) is 1. The van der Waals surface area contributed by atoms with Gasteiger partial charge < -0.3 is 20.1 Å². The maximum atomic E-state index is 12.0. The molecule has 0 saturated carbocycles. The van der Waals surface area contributed by atoms with Crippen molar-refractivity contribution in [1.29, 1.82) is 0 Å². The van der Waals surface area contributed by atoms with Gasteiger partial charge in [-0.2, -0.15) is 0 Å². The van der Waals surface area contributed by atoms with Crippen molar-refractivity contribution in [1.82, 2.24) is 4.90 Å². The topological polar surface area (TPSA) is 64.8 Å². The van der Waals surface area contributed by atoms with Gasteiger partial charge in [-0.3, -0.25) is 4.79 Å². The molecular formula is C13H26N2O3. The molecule has 0 radical (unpaired) electrons. The number of hydrogen-bond donors (Lipinski definition) is 1. The van der Waals surface area contributed by atoms with Gasteiger partial charge in [0.15, 0.2) is 0 Å². The van der Waals surface area contributed by atoms with E-state index in [0.717, 1.165) is 19.4 Å². The third kappa shape index (κ3) is 4.55. The van der Waals surface area contributed by atoms with Crippen LogP contribution in [0.5, 0.6) is 0 Å². The normalized spacial score (nSPS) is 24.3. The molecule has 0 spiro atoms. The van der Waals surface area contributed by atoms with E-state index in [0.29, 0.717) is 25.7 Å². The molecule has 0 aromatic carbocycles. The lowest BCUT2D eigenvalue weighted by molar-refractivity contribution is -0.140. The Morgan fingerprint density at radius 1 is 1.44 bits per heavy atom. The molecule has 1 saturated heterocycles. The van der Waals surface area contributed by atoms with Crippen molar-refractivity contribution in [3.05, 3.63) is 0 Å². The molecule has 106 valence electrons. The SMILES string of the molecule is CCC1CCN(C(=O)COCCOC)C(CN)C1. The largest absolute Gasteiger partial charge is 0.382 e. The average molecular weight is 258 g/mol. The monoisotopic (exact) mass is 258 g/mol. The summed E-state index contributed by atoms with van der Waals surface area (Å²) in [4.78, 5) is 13.9. The van der Waals surface area contributed by atoms with Gasteiger partial charge in [0, 0.05) is 26.2 Å². The number of rotatable bonds is 7. The van der Waals surface area contributed by atoms with Crippen LogP contribution >= 0.6 is 0 Å². The van der Waals surface area contributed by atoms with Gasteiger partial charge in [0.2, 0.25) is 5.91 Å². The van der Waals surface area contributed by atoms with Crippen molar-refractivity contribution in [2.45, 2.75) is 32.2 Å². The second-order valence-corrected chi connectivity index (χ2v) is 4.82. The number of methoxy groups -OCH3 is 1. The first-order valence-corrected chi connectivity index (χ1v) is 6.79. The number of carbonyl (C=O) groups excluding carboxylic acids is 1. The summed E-state index contributed by atoms with van der Waals surface area (Å²) >= 11 is 0. The zero-order valence-corrected chi connectivity index (χ0v) is 11.6. The van der Waals surface area contributed by atoms with Crippen LogP contribution in [-0.4, -0.2) is 56.9 Å². The molecule has 1 rings (SSSR count). The highest BCUT2D eigenvalue weighted by molar-refractivity contribution is 5.77. The minimum absolute atomic E-state index is 0.0520. The van der Waals surface area contributed by atoms with Crippen LogP contribution < -0.4 is 5.73 Å². The molecule has 5 nitrogen and oxygen atoms in total. The van der Waals surface area contributed by atoms with E-state index in [4.69, 9.17) is 15.2 Å². The van der Waals surface area contributed by atoms with Gasteiger partial charge in [-0.05, 0) is 18.8 Å². The highest BCUT2D eigenvalue weighted by Crippen LogP contribution is 2.24. The third-order valence-electron chi connectivity index (χ3n) is 3.65. The van der Waals surface area contributed by atoms with Crippen molar-refractivity contribution in [2.75, 3.05) is 40.0 Å². The van der Waals surface area contributed by atoms with Crippen molar-refractivity contribution in [3.63, 3.8) is 0 Å². The maximum absolute atomic E-state index is 12.0. The zero-order valence-electron chi connectivity index (χ0n) is 11.6. The molecule has 18 heavy (non-hydrogen) atoms. The Kier molecular flexibility index (Phi) is 7.23. The minimum atomic E-state index is 0.0520. The summed E-state index contributed by atoms with van der Waals surface area (Å²) in [5, 5.41) is 0. The van der Waals surface area contributed by atoms with E-state index in [1.165, 1.54) is 6.42 Å². The number of ether oxygens (including phenoxy) is 2. The van der Waals surface area contributed by atoms with Crippen LogP contribution in [0.15, 0.2) is 0 Å². The fourth-order valence-corrected chi connectivity index (χ4v) is 2.44. The van der Waals surface area contributed by atoms with Crippen LogP contribution in [-0.2, 0) is 14.3 Å². The van der Waals surface area contributed by atoms with E-state index < -0.39 is 0 Å². The van der Waals surface area contributed by atoms with Crippen LogP contribution in [0, 0.1) is 5.92 Å². The van der Waals surface area contributed by atoms with Crippen molar-refractivity contribution < 1.29 is 14.3 Å². The quantitative estimate of drug-likeness (QED) is 0.680. The molecule has 1 aliphatic heterocycles. The van der Waals surface area contributed by atoms with E-state index in [1.807, 2.05) is 4.90 Å². The van der Waals surface area contributed by atoms with Gasteiger partial charge in [-0.15, -0.1) is 0 Å². The Balaban J connectivity index is 2.36. The van der Waals surface area contributed by atoms with E-state index in [-0.39, 0.29) is 18.6 Å². The fourth-order valence-electron chi connectivity index (χ4n) is 2.44. The summed E-state index contributed by atoms with van der Waals surface area (Å²) in [6.07, 6.45) is 3.27. The first kappa shape index (κ1) is 15.4. The Bertz CT molecular complexity index is 248. The summed E-state index contributed by atoms with van der Waals surface area (Å²) < 4.78 is 10.1. The summed E-state index contributed by atoms with van der Waals surface area (Å²) in [5.74, 6) is 0.758. The van der Waals surface area contributed by atoms with Crippen LogP contribution in [0.2, 0.25) is 0 Å². The van der Waals surface area contributed by atoms with Gasteiger partial charge >= 0.3 is 0 Å². The first-order valence-electron chi connectivity index (χ1n) is 6.79. The molecule has 2 N–H and O–H groups in total. The summed E-state index contributed by atoms with van der Waals surface area (Å²) in [6.45, 7) is 4.67. The molecular weight excluding hydrogens is 232 g/mol. The van der Waals surface area contributed by atoms with Crippen molar-refractivity contribution in [3.8, 4) is 0 Å². The number of carbonyl (C=O) groups is 1. The number of nitrogens with two attached hydrogens (primary N) is 1. The van der Waals surface area contributed by atoms with E-state index >= 15 is 0 Å². The van der Waals surface area contributed by atoms with Crippen molar-refractivity contribution in [2.24, 2.45) is 11.7 Å². The van der Waals surface area contributed by atoms with Gasteiger partial charge in [-0.25, -0.2) is 0 Å². The minimum Gasteiger partial charge on any atom is -0.382 e. The summed E-state index contributed by atoms with van der Waals surface area (Å²) in [5.41, 5.74) is 5.77. The van der Waals surface area contributed by atoms with Crippen LogP contribution in [0.3, 0.4) is 0 Å². The third-order valence-corrected chi connectivity index (χ3v) is 3.65. The fraction of sp³-hybridized carbons (Fsp3) is 0.923. The lowest BCUT2D eigenvalue weighted by Crippen LogP contribution is -2.50. The lowest BCUT2D eigenvalue weighted by atomic mass is 9.89. The van der Waals surface area contributed by atoms with Crippen LogP contribution in [0.4, 0.5) is 0 Å². The Morgan fingerprint density at radius 2 is 2.22 bits per heavy atom. The second kappa shape index (κ2) is 8.45. The number of hydrogen-bond acceptors (Lipinski definition) is 4. The number of likely N-dealkylation sites (tertiary alicyclic amines) is 1. The summed E-state index contributed by atoms with van der Waals surface area (Å²) in [6, 6.07) is 0.183. The molecule has 2 unspecified atom stereocenters. The average Bonchev–Trinajstić information content (AvgIpc) is 2.42. The molecule has 0 aromatic rings. The molecule has 0 aromatic heterocycles. The van der Waals surface area contributed by atoms with Crippen LogP contribution in [0.1, 0.15) is 26.2 Å². The first-order chi connectivity index (χ1) is 8.72. The van der Waals surface area contributed by atoms with Gasteiger partial charge in [0.05, 0.1) is 13.2 Å². The molecule has 2 atom stereocenters.